The van der Waals surface area contributed by atoms with Crippen molar-refractivity contribution in [1.29, 1.82) is 5.26 Å². The molecule has 30 nitrogen and oxygen atoms in total. The standard InChI is InChI=1S/C44H37ClN10O17S7.O3S/c1-21-12-32(51-53-38-23(3)28(20-46)42-47-34-17-26(78(66,67)68)16-29(45)40(34)55(42)43(38)56)35(72-8-4-10-75(57,58)59)18-30(21)49-52-33-13-22(2)31(19-36(33)73-9-5-11-76(60,61)62)50-54-44-48-39-37(79(69,70)71)14-24-6-7-25(77(63,64)65)15-27(24)41(39)74-44;1-4(2)3/h6-7,12-19,56H,4-5,8-11H2,1-3H3,(H,57,58,59)(H,60,61,62)(H,63,64,65)(H,66,67,68)(H,69,70,71);. The Hall–Kier alpha value is -7.10. The minimum atomic E-state index is -4.88. The number of halogens is 1. The molecule has 0 atom stereocenters. The number of nitriles is 1. The number of benzene rings is 5. The highest BCUT2D eigenvalue weighted by Crippen LogP contribution is 2.45. The second-order valence-corrected chi connectivity index (χ2v) is 27.5. The molecule has 83 heavy (non-hydrogen) atoms. The van der Waals surface area contributed by atoms with Crippen molar-refractivity contribution >= 4 is 167 Å². The number of thioether (sulfide) groups is 1. The Labute approximate surface area is 484 Å². The molecule has 3 heterocycles. The van der Waals surface area contributed by atoms with Gasteiger partial charge in [-0.1, -0.05) is 29.0 Å². The second kappa shape index (κ2) is 24.6. The number of ether oxygens (including phenoxy) is 1. The number of aryl methyl sites for hydroxylation is 2. The fourth-order valence-electron chi connectivity index (χ4n) is 7.68. The third-order valence-corrected chi connectivity index (χ3v) is 17.9. The van der Waals surface area contributed by atoms with Crippen molar-refractivity contribution in [2.24, 2.45) is 30.7 Å². The van der Waals surface area contributed by atoms with E-state index in [-0.39, 0.29) is 118 Å². The molecule has 0 unspecified atom stereocenters. The summed E-state index contributed by atoms with van der Waals surface area (Å²) in [5, 5.41) is 47.8. The molecule has 0 fully saturated rings. The summed E-state index contributed by atoms with van der Waals surface area (Å²) in [5.74, 6) is -1.83. The average Bonchev–Trinajstić information content (AvgIpc) is 3.03. The molecule has 8 rings (SSSR count). The molecule has 0 amide bonds. The van der Waals surface area contributed by atoms with Crippen molar-refractivity contribution in [3.05, 3.63) is 87.9 Å². The summed E-state index contributed by atoms with van der Waals surface area (Å²) in [5.41, 5.74) is 0.493. The number of nitrogens with zero attached hydrogens (tertiary/aromatic N) is 10. The van der Waals surface area contributed by atoms with Crippen molar-refractivity contribution < 1.29 is 87.3 Å². The molecule has 39 heteroatoms. The van der Waals surface area contributed by atoms with Crippen LogP contribution < -0.4 is 4.74 Å². The predicted octanol–water partition coefficient (Wildman–Crippen LogP) is 9.42. The van der Waals surface area contributed by atoms with Crippen LogP contribution in [0.4, 0.5) is 33.6 Å². The van der Waals surface area contributed by atoms with Gasteiger partial charge in [0.2, 0.25) is 11.0 Å². The summed E-state index contributed by atoms with van der Waals surface area (Å²) in [4.78, 5) is 7.21. The predicted molar refractivity (Wildman–Crippen MR) is 298 cm³/mol. The van der Waals surface area contributed by atoms with Gasteiger partial charge in [-0.05, 0) is 104 Å². The van der Waals surface area contributed by atoms with Gasteiger partial charge < -0.3 is 9.84 Å². The van der Waals surface area contributed by atoms with Crippen LogP contribution in [-0.2, 0) is 61.2 Å². The van der Waals surface area contributed by atoms with Gasteiger partial charge in [-0.15, -0.1) is 50.0 Å². The first kappa shape index (κ1) is 63.5. The van der Waals surface area contributed by atoms with Crippen LogP contribution in [-0.4, -0.2) is 121 Å². The van der Waals surface area contributed by atoms with E-state index in [1.54, 1.807) is 19.9 Å². The summed E-state index contributed by atoms with van der Waals surface area (Å²) in [7, 11) is -26.2. The molecule has 0 saturated heterocycles. The first-order chi connectivity index (χ1) is 38.5. The van der Waals surface area contributed by atoms with Gasteiger partial charge in [-0.3, -0.25) is 27.2 Å². The zero-order chi connectivity index (χ0) is 61.3. The van der Waals surface area contributed by atoms with E-state index in [1.165, 1.54) is 31.2 Å². The van der Waals surface area contributed by atoms with Crippen LogP contribution >= 0.6 is 34.7 Å². The SMILES string of the molecule is Cc1cc(N=Nc2cc(OCCCS(=O)(=O)O)c(N=Nc3c(C)c(C#N)c4nc5cc(S(=O)(=O)O)cc(Cl)c5n4c3O)cc2C)c(SCCCS(=O)(=O)O)cc1N=Nc1nc2c(S(=O)(=O)O)cc3ccc(S(=O)(=O)O)cc3c2s1.O=S(=O)=O. The number of fused-ring (bicyclic) bond motifs is 6. The third-order valence-electron chi connectivity index (χ3n) is 11.4. The van der Waals surface area contributed by atoms with Gasteiger partial charge in [0.25, 0.3) is 50.6 Å². The summed E-state index contributed by atoms with van der Waals surface area (Å²) in [6.07, 6.45) is -0.211. The van der Waals surface area contributed by atoms with Crippen LogP contribution in [0.15, 0.2) is 111 Å². The maximum absolute atomic E-state index is 12.5. The normalized spacial score (nSPS) is 12.8. The van der Waals surface area contributed by atoms with Crippen molar-refractivity contribution in [1.82, 2.24) is 14.4 Å². The summed E-state index contributed by atoms with van der Waals surface area (Å²) in [6, 6.07) is 14.3. The number of pyridine rings is 1. The Balaban J connectivity index is 0.00000240. The third kappa shape index (κ3) is 15.4. The average molecular weight is 1320 g/mol. The number of aromatic hydroxyl groups is 1. The van der Waals surface area contributed by atoms with E-state index in [0.29, 0.717) is 16.0 Å². The molecule has 438 valence electrons. The van der Waals surface area contributed by atoms with Gasteiger partial charge in [0, 0.05) is 21.9 Å². The van der Waals surface area contributed by atoms with Gasteiger partial charge in [0.15, 0.2) is 11.3 Å². The molecular weight excluding hydrogens is 1280 g/mol. The topological polar surface area (TPSA) is 481 Å². The Kier molecular flexibility index (Phi) is 18.8. The van der Waals surface area contributed by atoms with Gasteiger partial charge in [0.05, 0.1) is 65.7 Å². The maximum atomic E-state index is 12.5. The van der Waals surface area contributed by atoms with Crippen molar-refractivity contribution in [3.63, 3.8) is 0 Å². The first-order valence-electron chi connectivity index (χ1n) is 22.6. The molecular formula is C44H37ClN10O20S8. The van der Waals surface area contributed by atoms with Gasteiger partial charge >= 0.3 is 10.6 Å². The Morgan fingerprint density at radius 1 is 0.711 bits per heavy atom. The van der Waals surface area contributed by atoms with Crippen LogP contribution in [0.25, 0.3) is 37.7 Å². The Bertz CT molecular complexity index is 4870. The molecule has 0 aliphatic rings. The monoisotopic (exact) mass is 1320 g/mol. The van der Waals surface area contributed by atoms with E-state index >= 15 is 0 Å². The fourth-order valence-corrected chi connectivity index (χ4v) is 12.9. The molecule has 5 aromatic carbocycles. The molecule has 6 N–H and O–H groups in total. The Morgan fingerprint density at radius 2 is 1.30 bits per heavy atom. The molecule has 8 aromatic rings. The molecule has 3 aromatic heterocycles. The lowest BCUT2D eigenvalue weighted by atomic mass is 10.1. The summed E-state index contributed by atoms with van der Waals surface area (Å²) >= 11 is 8.33. The van der Waals surface area contributed by atoms with E-state index in [4.69, 9.17) is 29.0 Å². The smallest absolute Gasteiger partial charge is 0.425 e. The number of hydrogen-bond donors (Lipinski definition) is 6. The maximum Gasteiger partial charge on any atom is 0.425 e. The van der Waals surface area contributed by atoms with Crippen molar-refractivity contribution in [2.75, 3.05) is 23.9 Å². The molecule has 0 aliphatic carbocycles. The largest absolute Gasteiger partial charge is 0.493 e. The minimum absolute atomic E-state index is 0.0131. The molecule has 0 aliphatic heterocycles. The van der Waals surface area contributed by atoms with E-state index in [9.17, 15) is 75.2 Å². The lowest BCUT2D eigenvalue weighted by molar-refractivity contribution is 0.317. The van der Waals surface area contributed by atoms with Gasteiger partial charge in [-0.25, -0.2) is 9.97 Å². The highest BCUT2D eigenvalue weighted by atomic mass is 35.5. The number of thiazole rings is 1. The van der Waals surface area contributed by atoms with Crippen LogP contribution in [0.2, 0.25) is 5.02 Å². The molecule has 0 bridgehead atoms. The molecule has 0 spiro atoms. The highest BCUT2D eigenvalue weighted by molar-refractivity contribution is 7.99. The van der Waals surface area contributed by atoms with Crippen LogP contribution in [0.3, 0.4) is 0 Å². The van der Waals surface area contributed by atoms with Crippen LogP contribution in [0.5, 0.6) is 11.6 Å². The van der Waals surface area contributed by atoms with Gasteiger partial charge in [0.1, 0.15) is 33.5 Å². The number of aromatic nitrogens is 3. The molecule has 0 radical (unpaired) electrons. The zero-order valence-corrected chi connectivity index (χ0v) is 49.3. The van der Waals surface area contributed by atoms with Crippen molar-refractivity contribution in [2.45, 2.75) is 53.2 Å². The quantitative estimate of drug-likeness (QED) is 0.0190. The summed E-state index contributed by atoms with van der Waals surface area (Å²) < 4.78 is 199. The fraction of sp³-hybridized carbons (Fsp3) is 0.205. The number of azo groups is 3. The Morgan fingerprint density at radius 3 is 1.92 bits per heavy atom. The van der Waals surface area contributed by atoms with E-state index in [1.807, 2.05) is 6.07 Å². The number of rotatable bonds is 19. The lowest BCUT2D eigenvalue weighted by Gasteiger charge is -2.12. The van der Waals surface area contributed by atoms with E-state index < -0.39 is 93.3 Å². The van der Waals surface area contributed by atoms with E-state index in [0.717, 1.165) is 57.8 Å². The van der Waals surface area contributed by atoms with Crippen LogP contribution in [0, 0.1) is 32.1 Å². The van der Waals surface area contributed by atoms with E-state index in [2.05, 4.69) is 40.7 Å². The molecule has 0 saturated carbocycles. The zero-order valence-electron chi connectivity index (χ0n) is 42.0. The lowest BCUT2D eigenvalue weighted by Crippen LogP contribution is -2.08. The highest BCUT2D eigenvalue weighted by Gasteiger charge is 2.26. The first-order valence-corrected chi connectivity index (χ1v) is 33.3. The number of imidazole rings is 1. The van der Waals surface area contributed by atoms with Gasteiger partial charge in [-0.2, -0.15) is 52.5 Å². The van der Waals surface area contributed by atoms with Crippen LogP contribution in [0.1, 0.15) is 35.1 Å². The van der Waals surface area contributed by atoms with Crippen molar-refractivity contribution in [3.8, 4) is 17.7 Å². The number of hydrogen-bond acceptors (Lipinski definition) is 26. The minimum Gasteiger partial charge on any atom is -0.493 e. The summed E-state index contributed by atoms with van der Waals surface area (Å²) in [6.45, 7) is 4.36. The second-order valence-electron chi connectivity index (χ2n) is 17.2.